The molecular weight excluding hydrogens is 324 g/mol. The maximum absolute atomic E-state index is 12.2. The van der Waals surface area contributed by atoms with Gasteiger partial charge in [0.15, 0.2) is 4.21 Å². The third kappa shape index (κ3) is 2.97. The SMILES string of the molecule is Cc1cc(S(=O)(=O)Nc2ccc([C@@H]3C[C@H]3C(=O)O)cc2)sn1. The second-order valence-electron chi connectivity index (χ2n) is 5.30. The predicted molar refractivity (Wildman–Crippen MR) is 82.6 cm³/mol. The van der Waals surface area contributed by atoms with Crippen LogP contribution in [0.25, 0.3) is 0 Å². The number of nitrogens with one attached hydrogen (secondary N) is 1. The van der Waals surface area contributed by atoms with Gasteiger partial charge >= 0.3 is 5.97 Å². The van der Waals surface area contributed by atoms with Gasteiger partial charge in [0, 0.05) is 5.69 Å². The molecule has 1 aromatic carbocycles. The molecule has 2 atom stereocenters. The van der Waals surface area contributed by atoms with Crippen LogP contribution in [0.5, 0.6) is 0 Å². The van der Waals surface area contributed by atoms with Gasteiger partial charge in [0.1, 0.15) is 0 Å². The molecule has 6 nitrogen and oxygen atoms in total. The minimum atomic E-state index is -3.62. The summed E-state index contributed by atoms with van der Waals surface area (Å²) in [7, 11) is -3.62. The number of carboxylic acids is 1. The Kier molecular flexibility index (Phi) is 3.65. The molecule has 0 spiro atoms. The molecule has 8 heteroatoms. The zero-order valence-electron chi connectivity index (χ0n) is 11.7. The van der Waals surface area contributed by atoms with E-state index < -0.39 is 16.0 Å². The molecule has 1 saturated carbocycles. The highest BCUT2D eigenvalue weighted by molar-refractivity contribution is 7.94. The van der Waals surface area contributed by atoms with E-state index in [1.54, 1.807) is 31.2 Å². The first-order valence-corrected chi connectivity index (χ1v) is 8.91. The Hall–Kier alpha value is -1.93. The minimum Gasteiger partial charge on any atom is -0.481 e. The molecule has 0 amide bonds. The van der Waals surface area contributed by atoms with Gasteiger partial charge in [-0.2, -0.15) is 4.37 Å². The van der Waals surface area contributed by atoms with E-state index in [4.69, 9.17) is 5.11 Å². The predicted octanol–water partition coefficient (Wildman–Crippen LogP) is 2.44. The van der Waals surface area contributed by atoms with Crippen molar-refractivity contribution in [1.29, 1.82) is 0 Å². The topological polar surface area (TPSA) is 96.4 Å². The second-order valence-corrected chi connectivity index (χ2v) is 8.02. The smallest absolute Gasteiger partial charge is 0.307 e. The number of hydrogen-bond donors (Lipinski definition) is 2. The first kappa shape index (κ1) is 15.0. The van der Waals surface area contributed by atoms with Gasteiger partial charge in [0.25, 0.3) is 10.0 Å². The van der Waals surface area contributed by atoms with Gasteiger partial charge in [-0.15, -0.1) is 0 Å². The summed E-state index contributed by atoms with van der Waals surface area (Å²) < 4.78 is 31.0. The molecule has 116 valence electrons. The molecule has 1 heterocycles. The van der Waals surface area contributed by atoms with Crippen molar-refractivity contribution in [2.75, 3.05) is 4.72 Å². The number of rotatable bonds is 5. The van der Waals surface area contributed by atoms with Crippen LogP contribution in [-0.4, -0.2) is 23.9 Å². The Bertz CT molecular complexity index is 812. The molecule has 22 heavy (non-hydrogen) atoms. The first-order chi connectivity index (χ1) is 10.4. The van der Waals surface area contributed by atoms with Crippen molar-refractivity contribution in [1.82, 2.24) is 4.37 Å². The summed E-state index contributed by atoms with van der Waals surface area (Å²) in [5.41, 5.74) is 2.03. The Morgan fingerprint density at radius 3 is 2.55 bits per heavy atom. The van der Waals surface area contributed by atoms with Crippen LogP contribution in [-0.2, 0) is 14.8 Å². The second kappa shape index (κ2) is 5.36. The van der Waals surface area contributed by atoms with Crippen LogP contribution in [0.3, 0.4) is 0 Å². The van der Waals surface area contributed by atoms with Crippen molar-refractivity contribution < 1.29 is 18.3 Å². The lowest BCUT2D eigenvalue weighted by molar-refractivity contribution is -0.138. The number of aryl methyl sites for hydroxylation is 1. The molecular formula is C14H14N2O4S2. The summed E-state index contributed by atoms with van der Waals surface area (Å²) in [5.74, 6) is -1.06. The number of aromatic nitrogens is 1. The Balaban J connectivity index is 1.73. The number of nitrogens with zero attached hydrogens (tertiary/aromatic N) is 1. The van der Waals surface area contributed by atoms with Gasteiger partial charge < -0.3 is 5.11 Å². The van der Waals surface area contributed by atoms with Crippen molar-refractivity contribution in [2.24, 2.45) is 5.92 Å². The highest BCUT2D eigenvalue weighted by Crippen LogP contribution is 2.47. The van der Waals surface area contributed by atoms with Gasteiger partial charge in [-0.3, -0.25) is 9.52 Å². The number of carboxylic acid groups (broad SMARTS) is 1. The molecule has 2 N–H and O–H groups in total. The van der Waals surface area contributed by atoms with E-state index in [9.17, 15) is 13.2 Å². The number of aliphatic carboxylic acids is 1. The monoisotopic (exact) mass is 338 g/mol. The van der Waals surface area contributed by atoms with Gasteiger partial charge in [-0.05, 0) is 54.6 Å². The average Bonchev–Trinajstić information content (AvgIpc) is 3.14. The highest BCUT2D eigenvalue weighted by atomic mass is 32.2. The van der Waals surface area contributed by atoms with Crippen molar-refractivity contribution in [3.63, 3.8) is 0 Å². The lowest BCUT2D eigenvalue weighted by atomic mass is 10.1. The fourth-order valence-corrected chi connectivity index (χ4v) is 4.32. The van der Waals surface area contributed by atoms with Crippen LogP contribution in [0.4, 0.5) is 5.69 Å². The number of hydrogen-bond acceptors (Lipinski definition) is 5. The van der Waals surface area contributed by atoms with Gasteiger partial charge in [-0.25, -0.2) is 8.42 Å². The van der Waals surface area contributed by atoms with Crippen molar-refractivity contribution in [3.05, 3.63) is 41.6 Å². The van der Waals surface area contributed by atoms with Gasteiger partial charge in [-0.1, -0.05) is 12.1 Å². The highest BCUT2D eigenvalue weighted by Gasteiger charge is 2.44. The molecule has 0 saturated heterocycles. The zero-order chi connectivity index (χ0) is 15.9. The number of anilines is 1. The average molecular weight is 338 g/mol. The normalized spacial score (nSPS) is 20.6. The van der Waals surface area contributed by atoms with E-state index in [2.05, 4.69) is 9.10 Å². The summed E-state index contributed by atoms with van der Waals surface area (Å²) in [6.07, 6.45) is 0.639. The fourth-order valence-electron chi connectivity index (χ4n) is 2.31. The van der Waals surface area contributed by atoms with E-state index >= 15 is 0 Å². The molecule has 1 fully saturated rings. The van der Waals surface area contributed by atoms with Crippen LogP contribution in [0, 0.1) is 12.8 Å². The molecule has 0 bridgehead atoms. The summed E-state index contributed by atoms with van der Waals surface area (Å²) in [6, 6.07) is 8.35. The van der Waals surface area contributed by atoms with E-state index in [1.165, 1.54) is 6.07 Å². The van der Waals surface area contributed by atoms with E-state index in [-0.39, 0.29) is 16.0 Å². The minimum absolute atomic E-state index is 0.0345. The third-order valence-electron chi connectivity index (χ3n) is 3.57. The third-order valence-corrected chi connectivity index (χ3v) is 6.28. The maximum atomic E-state index is 12.2. The standard InChI is InChI=1S/C14H14N2O4S2/c1-8-6-13(21-15-8)22(19,20)16-10-4-2-9(3-5-10)11-7-12(11)14(17)18/h2-6,11-12,16H,7H2,1H3,(H,17,18)/t11-,12+/m0/s1. The van der Waals surface area contributed by atoms with Crippen LogP contribution in [0.15, 0.2) is 34.5 Å². The quantitative estimate of drug-likeness (QED) is 0.873. The molecule has 1 aliphatic rings. The number of benzene rings is 1. The number of sulfonamides is 1. The fraction of sp³-hybridized carbons (Fsp3) is 0.286. The summed E-state index contributed by atoms with van der Waals surface area (Å²) in [5, 5.41) is 8.92. The van der Waals surface area contributed by atoms with Gasteiger partial charge in [0.2, 0.25) is 0 Å². The summed E-state index contributed by atoms with van der Waals surface area (Å²) in [6.45, 7) is 1.73. The van der Waals surface area contributed by atoms with Crippen LogP contribution < -0.4 is 4.72 Å². The Labute approximate surface area is 132 Å². The largest absolute Gasteiger partial charge is 0.481 e. The van der Waals surface area contributed by atoms with Crippen LogP contribution >= 0.6 is 11.5 Å². The number of carbonyl (C=O) groups is 1. The molecule has 0 aliphatic heterocycles. The van der Waals surface area contributed by atoms with E-state index in [1.807, 2.05) is 0 Å². The molecule has 3 rings (SSSR count). The Morgan fingerprint density at radius 2 is 2.05 bits per heavy atom. The lowest BCUT2D eigenvalue weighted by Crippen LogP contribution is -2.11. The molecule has 0 radical (unpaired) electrons. The first-order valence-electron chi connectivity index (χ1n) is 6.66. The molecule has 1 aromatic heterocycles. The maximum Gasteiger partial charge on any atom is 0.307 e. The van der Waals surface area contributed by atoms with Crippen molar-refractivity contribution in [3.8, 4) is 0 Å². The van der Waals surface area contributed by atoms with Crippen molar-refractivity contribution in [2.45, 2.75) is 23.5 Å². The lowest BCUT2D eigenvalue weighted by Gasteiger charge is -2.07. The Morgan fingerprint density at radius 1 is 1.36 bits per heavy atom. The molecule has 2 aromatic rings. The van der Waals surface area contributed by atoms with E-state index in [0.717, 1.165) is 17.1 Å². The summed E-state index contributed by atoms with van der Waals surface area (Å²) >= 11 is 0.932. The van der Waals surface area contributed by atoms with Gasteiger partial charge in [0.05, 0.1) is 11.6 Å². The van der Waals surface area contributed by atoms with E-state index in [0.29, 0.717) is 17.8 Å². The van der Waals surface area contributed by atoms with Crippen LogP contribution in [0.2, 0.25) is 0 Å². The van der Waals surface area contributed by atoms with Crippen LogP contribution in [0.1, 0.15) is 23.6 Å². The van der Waals surface area contributed by atoms with Crippen molar-refractivity contribution >= 4 is 33.2 Å². The summed E-state index contributed by atoms with van der Waals surface area (Å²) in [4.78, 5) is 10.9. The molecule has 1 aliphatic carbocycles. The molecule has 0 unspecified atom stereocenters. The zero-order valence-corrected chi connectivity index (χ0v) is 13.3.